The Morgan fingerprint density at radius 1 is 1.70 bits per heavy atom. The topological polar surface area (TPSA) is 88.0 Å². The minimum atomic E-state index is -1.08. The van der Waals surface area contributed by atoms with Crippen LogP contribution in [0.25, 0.3) is 0 Å². The molecule has 10 heavy (non-hydrogen) atoms. The van der Waals surface area contributed by atoms with Crippen LogP contribution in [0.4, 0.5) is 0 Å². The third kappa shape index (κ3) is 52.8. The molecule has 4 heteroatoms. The molecule has 0 aromatic carbocycles. The van der Waals surface area contributed by atoms with E-state index >= 15 is 0 Å². The maximum Gasteiger partial charge on any atom is 0.112 e. The van der Waals surface area contributed by atoms with Crippen LogP contribution < -0.4 is 10.8 Å². The lowest BCUT2D eigenvalue weighted by molar-refractivity contribution is -0.471. The zero-order chi connectivity index (χ0) is 8.78. The highest BCUT2D eigenvalue weighted by molar-refractivity contribution is 5.60. The van der Waals surface area contributed by atoms with Crippen LogP contribution in [-0.4, -0.2) is 23.2 Å². The molecule has 0 bridgehead atoms. The van der Waals surface area contributed by atoms with E-state index in [1.807, 2.05) is 13.8 Å². The number of aliphatic hydroxyl groups excluding tert-OH is 1. The second kappa shape index (κ2) is 5.20. The van der Waals surface area contributed by atoms with Gasteiger partial charge in [0, 0.05) is 5.97 Å². The van der Waals surface area contributed by atoms with Crippen LogP contribution in [0.15, 0.2) is 0 Å². The Morgan fingerprint density at radius 3 is 1.80 bits per heavy atom. The zero-order valence-corrected chi connectivity index (χ0v) is 6.68. The number of quaternary nitrogens is 1. The molecule has 0 rings (SSSR count). The number of carbonyl (C=O) groups excluding carboxylic acids is 1. The van der Waals surface area contributed by atoms with Crippen molar-refractivity contribution in [3.8, 4) is 0 Å². The van der Waals surface area contributed by atoms with Gasteiger partial charge in [-0.15, -0.1) is 0 Å². The van der Waals surface area contributed by atoms with Gasteiger partial charge in [0.25, 0.3) is 0 Å². The average Bonchev–Trinajstić information content (AvgIpc) is 1.63. The van der Waals surface area contributed by atoms with Gasteiger partial charge in [-0.3, -0.25) is 0 Å². The first-order valence-corrected chi connectivity index (χ1v) is 2.93. The molecule has 0 amide bonds. The van der Waals surface area contributed by atoms with Crippen molar-refractivity contribution in [3.05, 3.63) is 0 Å². The minimum absolute atomic E-state index is 0.153. The van der Waals surface area contributed by atoms with E-state index in [9.17, 15) is 0 Å². The van der Waals surface area contributed by atoms with Gasteiger partial charge < -0.3 is 20.7 Å². The highest BCUT2D eigenvalue weighted by Crippen LogP contribution is 1.86. The standard InChI is InChI=1S/C4H11NO.C2H4O2/c1-4(2,5)3-6;1-2(3)4/h6H,3,5H2,1-2H3;1H3,(H,3,4). The molecule has 0 saturated carbocycles. The maximum atomic E-state index is 8.89. The van der Waals surface area contributed by atoms with E-state index in [0.717, 1.165) is 6.92 Å². The Balaban J connectivity index is 0. The Kier molecular flexibility index (Phi) is 6.29. The number of rotatable bonds is 1. The summed E-state index contributed by atoms with van der Waals surface area (Å²) in [5.74, 6) is -1.08. The van der Waals surface area contributed by atoms with Crippen molar-refractivity contribution in [2.45, 2.75) is 26.3 Å². The van der Waals surface area contributed by atoms with Crippen molar-refractivity contribution in [1.82, 2.24) is 0 Å². The first-order valence-electron chi connectivity index (χ1n) is 2.93. The minimum Gasteiger partial charge on any atom is -0.550 e. The number of carboxylic acid groups (broad SMARTS) is 1. The van der Waals surface area contributed by atoms with E-state index in [2.05, 4.69) is 5.73 Å². The fourth-order valence-electron chi connectivity index (χ4n) is 0. The highest BCUT2D eigenvalue weighted by Gasteiger charge is 2.10. The van der Waals surface area contributed by atoms with Gasteiger partial charge in [0.05, 0.1) is 6.61 Å². The van der Waals surface area contributed by atoms with Crippen molar-refractivity contribution in [2.24, 2.45) is 0 Å². The molecule has 0 aromatic heterocycles. The molecule has 4 nitrogen and oxygen atoms in total. The first-order chi connectivity index (χ1) is 4.29. The molecule has 4 N–H and O–H groups in total. The largest absolute Gasteiger partial charge is 0.550 e. The van der Waals surface area contributed by atoms with Gasteiger partial charge >= 0.3 is 0 Å². The molecular formula is C6H15NO3. The normalized spacial score (nSPS) is 9.70. The Hall–Kier alpha value is -0.610. The van der Waals surface area contributed by atoms with Crippen LogP contribution in [0.2, 0.25) is 0 Å². The van der Waals surface area contributed by atoms with E-state index in [1.54, 1.807) is 0 Å². The SMILES string of the molecule is CC(=O)[O-].CC(C)([NH3+])CO. The van der Waals surface area contributed by atoms with Gasteiger partial charge in [-0.2, -0.15) is 0 Å². The molecule has 0 saturated heterocycles. The second-order valence-corrected chi connectivity index (χ2v) is 2.81. The molecule has 0 aliphatic rings. The van der Waals surface area contributed by atoms with Crippen LogP contribution in [0.5, 0.6) is 0 Å². The molecule has 0 radical (unpaired) electrons. The van der Waals surface area contributed by atoms with E-state index in [4.69, 9.17) is 15.0 Å². The summed E-state index contributed by atoms with van der Waals surface area (Å²) in [6.07, 6.45) is 0. The molecule has 0 heterocycles. The van der Waals surface area contributed by atoms with Crippen LogP contribution in [0, 0.1) is 0 Å². The number of aliphatic hydroxyl groups is 1. The molecule has 0 aliphatic carbocycles. The summed E-state index contributed by atoms with van der Waals surface area (Å²) in [6, 6.07) is 0. The fourth-order valence-corrected chi connectivity index (χ4v) is 0. The summed E-state index contributed by atoms with van der Waals surface area (Å²) in [7, 11) is 0. The summed E-state index contributed by atoms with van der Waals surface area (Å²) < 4.78 is 0. The molecule has 0 aliphatic heterocycles. The van der Waals surface area contributed by atoms with Crippen molar-refractivity contribution >= 4 is 5.97 Å². The monoisotopic (exact) mass is 149 g/mol. The van der Waals surface area contributed by atoms with Crippen LogP contribution >= 0.6 is 0 Å². The van der Waals surface area contributed by atoms with Crippen molar-refractivity contribution in [2.75, 3.05) is 6.61 Å². The first kappa shape index (κ1) is 12.1. The number of aliphatic carboxylic acids is 1. The number of hydrogen-bond acceptors (Lipinski definition) is 3. The zero-order valence-electron chi connectivity index (χ0n) is 6.68. The lowest BCUT2D eigenvalue weighted by Crippen LogP contribution is -2.71. The predicted molar refractivity (Wildman–Crippen MR) is 34.7 cm³/mol. The lowest BCUT2D eigenvalue weighted by atomic mass is 10.1. The molecule has 0 atom stereocenters. The summed E-state index contributed by atoms with van der Waals surface area (Å²) >= 11 is 0. The van der Waals surface area contributed by atoms with Gasteiger partial charge in [0.2, 0.25) is 0 Å². The van der Waals surface area contributed by atoms with E-state index in [0.29, 0.717) is 0 Å². The molecular weight excluding hydrogens is 134 g/mol. The summed E-state index contributed by atoms with van der Waals surface area (Å²) in [6.45, 7) is 4.90. The van der Waals surface area contributed by atoms with Gasteiger partial charge in [-0.05, 0) is 20.8 Å². The number of carboxylic acids is 1. The lowest BCUT2D eigenvalue weighted by Gasteiger charge is -2.07. The van der Waals surface area contributed by atoms with E-state index in [-0.39, 0.29) is 12.1 Å². The third-order valence-electron chi connectivity index (χ3n) is 0.428. The predicted octanol–water partition coefficient (Wildman–Crippen LogP) is -2.24. The van der Waals surface area contributed by atoms with Gasteiger partial charge in [0.1, 0.15) is 5.54 Å². The Morgan fingerprint density at radius 2 is 1.80 bits per heavy atom. The van der Waals surface area contributed by atoms with Gasteiger partial charge in [-0.1, -0.05) is 0 Å². The number of carbonyl (C=O) groups is 1. The van der Waals surface area contributed by atoms with Gasteiger partial charge in [0.15, 0.2) is 0 Å². The fraction of sp³-hybridized carbons (Fsp3) is 0.833. The summed E-state index contributed by atoms with van der Waals surface area (Å²) in [5.41, 5.74) is 3.49. The van der Waals surface area contributed by atoms with Gasteiger partial charge in [-0.25, -0.2) is 0 Å². The van der Waals surface area contributed by atoms with E-state index < -0.39 is 5.97 Å². The molecule has 62 valence electrons. The van der Waals surface area contributed by atoms with Crippen molar-refractivity contribution in [3.63, 3.8) is 0 Å². The maximum absolute atomic E-state index is 8.89. The van der Waals surface area contributed by atoms with E-state index in [1.165, 1.54) is 0 Å². The smallest absolute Gasteiger partial charge is 0.112 e. The van der Waals surface area contributed by atoms with Crippen LogP contribution in [-0.2, 0) is 4.79 Å². The van der Waals surface area contributed by atoms with Crippen LogP contribution in [0.1, 0.15) is 20.8 Å². The molecule has 0 spiro atoms. The molecule has 0 fully saturated rings. The summed E-state index contributed by atoms with van der Waals surface area (Å²) in [4.78, 5) is 8.89. The van der Waals surface area contributed by atoms with Crippen molar-refractivity contribution in [1.29, 1.82) is 0 Å². The average molecular weight is 149 g/mol. The quantitative estimate of drug-likeness (QED) is 0.441. The molecule has 0 unspecified atom stereocenters. The highest BCUT2D eigenvalue weighted by atomic mass is 16.4. The third-order valence-corrected chi connectivity index (χ3v) is 0.428. The Bertz CT molecular complexity index is 91.7. The van der Waals surface area contributed by atoms with Crippen molar-refractivity contribution < 1.29 is 20.7 Å². The second-order valence-electron chi connectivity index (χ2n) is 2.81. The Labute approximate surface area is 60.7 Å². The van der Waals surface area contributed by atoms with Crippen LogP contribution in [0.3, 0.4) is 0 Å². The summed E-state index contributed by atoms with van der Waals surface area (Å²) in [5, 5.41) is 17.2. The number of hydrogen-bond donors (Lipinski definition) is 2. The molecule has 0 aromatic rings.